The van der Waals surface area contributed by atoms with Gasteiger partial charge in [-0.3, -0.25) is 4.79 Å². The van der Waals surface area contributed by atoms with Crippen molar-refractivity contribution in [1.29, 1.82) is 0 Å². The third-order valence-corrected chi connectivity index (χ3v) is 5.29. The molecule has 3 heterocycles. The van der Waals surface area contributed by atoms with Crippen LogP contribution in [0.3, 0.4) is 0 Å². The Labute approximate surface area is 152 Å². The van der Waals surface area contributed by atoms with Crippen LogP contribution in [0.1, 0.15) is 46.1 Å². The van der Waals surface area contributed by atoms with Crippen molar-refractivity contribution in [3.63, 3.8) is 0 Å². The summed E-state index contributed by atoms with van der Waals surface area (Å²) in [6.07, 6.45) is 5.35. The molecule has 0 spiro atoms. The Hall–Kier alpha value is -2.60. The van der Waals surface area contributed by atoms with Crippen molar-refractivity contribution < 1.29 is 9.53 Å². The molecule has 1 amide bonds. The summed E-state index contributed by atoms with van der Waals surface area (Å²) in [6, 6.07) is 6.35. The van der Waals surface area contributed by atoms with Crippen molar-refractivity contribution in [2.45, 2.75) is 32.2 Å². The fraction of sp³-hybridized carbons (Fsp3) is 0.400. The zero-order valence-corrected chi connectivity index (χ0v) is 15.2. The van der Waals surface area contributed by atoms with E-state index in [1.54, 1.807) is 17.1 Å². The summed E-state index contributed by atoms with van der Waals surface area (Å²) in [5.74, 6) is 0.433. The summed E-state index contributed by atoms with van der Waals surface area (Å²) >= 11 is 0. The van der Waals surface area contributed by atoms with Crippen LogP contribution in [0.2, 0.25) is 0 Å². The first-order valence-corrected chi connectivity index (χ1v) is 9.07. The highest BCUT2D eigenvalue weighted by Crippen LogP contribution is 2.33. The topological polar surface area (TPSA) is 71.9 Å². The van der Waals surface area contributed by atoms with Gasteiger partial charge in [0.1, 0.15) is 5.69 Å². The summed E-state index contributed by atoms with van der Waals surface area (Å²) in [5, 5.41) is 4.20. The number of carbonyl (C=O) groups excluding carboxylic acids is 1. The molecule has 2 aromatic heterocycles. The standard InChI is InChI=1S/C20H24N4O2/c1-13-16-9-14(10-22-20(25)18-11-21-12-24(18)2)3-4-17(16)23-19(13)15-5-7-26-8-6-15/h3-4,9,11-12,15,23H,5-8,10H2,1-2H3,(H,22,25). The highest BCUT2D eigenvalue weighted by Gasteiger charge is 2.20. The summed E-state index contributed by atoms with van der Waals surface area (Å²) in [6.45, 7) is 4.36. The van der Waals surface area contributed by atoms with Crippen LogP contribution in [0.5, 0.6) is 0 Å². The van der Waals surface area contributed by atoms with E-state index in [-0.39, 0.29) is 5.91 Å². The maximum Gasteiger partial charge on any atom is 0.269 e. The Morgan fingerprint density at radius 1 is 1.38 bits per heavy atom. The molecule has 0 radical (unpaired) electrons. The number of H-pyrrole nitrogens is 1. The van der Waals surface area contributed by atoms with Gasteiger partial charge < -0.3 is 19.6 Å². The van der Waals surface area contributed by atoms with Crippen LogP contribution < -0.4 is 5.32 Å². The highest BCUT2D eigenvalue weighted by molar-refractivity contribution is 5.92. The van der Waals surface area contributed by atoms with Crippen molar-refractivity contribution in [2.24, 2.45) is 7.05 Å². The SMILES string of the molecule is Cc1c(C2CCOCC2)[nH]c2ccc(CNC(=O)c3cncn3C)cc12. The Morgan fingerprint density at radius 3 is 2.92 bits per heavy atom. The number of rotatable bonds is 4. The van der Waals surface area contributed by atoms with Crippen molar-refractivity contribution in [3.8, 4) is 0 Å². The van der Waals surface area contributed by atoms with Gasteiger partial charge >= 0.3 is 0 Å². The lowest BCUT2D eigenvalue weighted by Crippen LogP contribution is -2.24. The molecule has 26 heavy (non-hydrogen) atoms. The number of benzene rings is 1. The molecule has 136 valence electrons. The first-order chi connectivity index (χ1) is 12.6. The fourth-order valence-electron chi connectivity index (χ4n) is 3.75. The second-order valence-electron chi connectivity index (χ2n) is 7.00. The molecule has 0 saturated carbocycles. The molecule has 4 rings (SSSR count). The van der Waals surface area contributed by atoms with Crippen LogP contribution in [0.4, 0.5) is 0 Å². The molecule has 3 aromatic rings. The first-order valence-electron chi connectivity index (χ1n) is 9.07. The Bertz CT molecular complexity index is 935. The van der Waals surface area contributed by atoms with Crippen LogP contribution in [0.25, 0.3) is 10.9 Å². The van der Waals surface area contributed by atoms with Crippen LogP contribution in [0, 0.1) is 6.92 Å². The predicted molar refractivity (Wildman–Crippen MR) is 100 cm³/mol. The van der Waals surface area contributed by atoms with E-state index < -0.39 is 0 Å². The lowest BCUT2D eigenvalue weighted by molar-refractivity contribution is 0.0845. The van der Waals surface area contributed by atoms with Crippen LogP contribution in [-0.4, -0.2) is 33.7 Å². The van der Waals surface area contributed by atoms with E-state index in [0.29, 0.717) is 18.2 Å². The summed E-state index contributed by atoms with van der Waals surface area (Å²) in [5.41, 5.74) is 5.45. The zero-order valence-electron chi connectivity index (χ0n) is 15.2. The number of amides is 1. The molecule has 0 bridgehead atoms. The van der Waals surface area contributed by atoms with Gasteiger partial charge in [-0.15, -0.1) is 0 Å². The molecule has 0 atom stereocenters. The van der Waals surface area contributed by atoms with E-state index in [1.165, 1.54) is 16.6 Å². The van der Waals surface area contributed by atoms with Gasteiger partial charge in [0.05, 0.1) is 12.5 Å². The summed E-state index contributed by atoms with van der Waals surface area (Å²) in [4.78, 5) is 19.8. The molecule has 0 aliphatic carbocycles. The Morgan fingerprint density at radius 2 is 2.19 bits per heavy atom. The number of ether oxygens (including phenoxy) is 1. The van der Waals surface area contributed by atoms with Crippen LogP contribution in [0.15, 0.2) is 30.7 Å². The number of hydrogen-bond acceptors (Lipinski definition) is 3. The lowest BCUT2D eigenvalue weighted by atomic mass is 9.93. The minimum Gasteiger partial charge on any atom is -0.381 e. The first kappa shape index (κ1) is 16.8. The number of carbonyl (C=O) groups is 1. The van der Waals surface area contributed by atoms with Gasteiger partial charge in [-0.25, -0.2) is 4.98 Å². The van der Waals surface area contributed by atoms with Gasteiger partial charge in [-0.1, -0.05) is 6.07 Å². The minimum atomic E-state index is -0.112. The second kappa shape index (κ2) is 6.96. The normalized spacial score (nSPS) is 15.5. The molecule has 1 fully saturated rings. The van der Waals surface area contributed by atoms with Gasteiger partial charge in [0.2, 0.25) is 0 Å². The lowest BCUT2D eigenvalue weighted by Gasteiger charge is -2.21. The van der Waals surface area contributed by atoms with Gasteiger partial charge in [-0.05, 0) is 43.0 Å². The molecule has 0 unspecified atom stereocenters. The van der Waals surface area contributed by atoms with Gasteiger partial charge in [0.25, 0.3) is 5.91 Å². The van der Waals surface area contributed by atoms with Crippen molar-refractivity contribution in [2.75, 3.05) is 13.2 Å². The van der Waals surface area contributed by atoms with E-state index in [2.05, 4.69) is 40.4 Å². The largest absolute Gasteiger partial charge is 0.381 e. The van der Waals surface area contributed by atoms with Crippen molar-refractivity contribution in [1.82, 2.24) is 19.9 Å². The van der Waals surface area contributed by atoms with E-state index in [4.69, 9.17) is 4.74 Å². The van der Waals surface area contributed by atoms with E-state index in [0.717, 1.165) is 37.1 Å². The number of hydrogen-bond donors (Lipinski definition) is 2. The zero-order chi connectivity index (χ0) is 18.1. The fourth-order valence-corrected chi connectivity index (χ4v) is 3.75. The predicted octanol–water partition coefficient (Wildman–Crippen LogP) is 3.03. The maximum absolute atomic E-state index is 12.3. The summed E-state index contributed by atoms with van der Waals surface area (Å²) in [7, 11) is 1.81. The van der Waals surface area contributed by atoms with E-state index in [1.807, 2.05) is 7.05 Å². The monoisotopic (exact) mass is 352 g/mol. The molecule has 1 aromatic carbocycles. The third kappa shape index (κ3) is 3.12. The van der Waals surface area contributed by atoms with E-state index in [9.17, 15) is 4.79 Å². The van der Waals surface area contributed by atoms with Crippen LogP contribution >= 0.6 is 0 Å². The highest BCUT2D eigenvalue weighted by atomic mass is 16.5. The quantitative estimate of drug-likeness (QED) is 0.758. The third-order valence-electron chi connectivity index (χ3n) is 5.29. The Balaban J connectivity index is 1.53. The molecular formula is C20H24N4O2. The number of aromatic amines is 1. The average molecular weight is 352 g/mol. The minimum absolute atomic E-state index is 0.112. The van der Waals surface area contributed by atoms with Crippen molar-refractivity contribution in [3.05, 3.63) is 53.2 Å². The molecule has 6 heteroatoms. The van der Waals surface area contributed by atoms with Crippen molar-refractivity contribution >= 4 is 16.8 Å². The average Bonchev–Trinajstić information content (AvgIpc) is 3.24. The van der Waals surface area contributed by atoms with Gasteiger partial charge in [0.15, 0.2) is 0 Å². The number of imidazole rings is 1. The second-order valence-corrected chi connectivity index (χ2v) is 7.00. The number of nitrogens with zero attached hydrogens (tertiary/aromatic N) is 2. The number of aryl methyl sites for hydroxylation is 2. The molecule has 6 nitrogen and oxygen atoms in total. The molecule has 1 saturated heterocycles. The number of nitrogens with one attached hydrogen (secondary N) is 2. The van der Waals surface area contributed by atoms with Crippen LogP contribution in [-0.2, 0) is 18.3 Å². The van der Waals surface area contributed by atoms with Gasteiger partial charge in [0, 0.05) is 49.3 Å². The molecule has 1 aliphatic heterocycles. The van der Waals surface area contributed by atoms with Gasteiger partial charge in [-0.2, -0.15) is 0 Å². The number of fused-ring (bicyclic) bond motifs is 1. The summed E-state index contributed by atoms with van der Waals surface area (Å²) < 4.78 is 7.20. The Kier molecular flexibility index (Phi) is 4.51. The molecular weight excluding hydrogens is 328 g/mol. The smallest absolute Gasteiger partial charge is 0.269 e. The maximum atomic E-state index is 12.3. The molecule has 2 N–H and O–H groups in total. The number of aromatic nitrogens is 3. The molecule has 1 aliphatic rings. The van der Waals surface area contributed by atoms with E-state index >= 15 is 0 Å².